The summed E-state index contributed by atoms with van der Waals surface area (Å²) in [6.45, 7) is 0. The molecule has 4 nitrogen and oxygen atoms in total. The minimum atomic E-state index is -0.0606. The fraction of sp³-hybridized carbons (Fsp3) is 0.500. The van der Waals surface area contributed by atoms with Crippen LogP contribution in [0.1, 0.15) is 19.3 Å². The van der Waals surface area contributed by atoms with Gasteiger partial charge in [-0.25, -0.2) is 4.98 Å². The Kier molecular flexibility index (Phi) is 2.76. The molecule has 1 saturated heterocycles. The molecule has 5 heteroatoms. The zero-order chi connectivity index (χ0) is 11.8. The topological polar surface area (TPSA) is 54.0 Å². The molecule has 0 radical (unpaired) electrons. The Hall–Kier alpha value is -1.13. The van der Waals surface area contributed by atoms with E-state index in [-0.39, 0.29) is 11.9 Å². The quantitative estimate of drug-likeness (QED) is 0.789. The zero-order valence-corrected chi connectivity index (χ0v) is 10.1. The monoisotopic (exact) mass is 251 g/mol. The van der Waals surface area contributed by atoms with Crippen LogP contribution in [0.2, 0.25) is 5.15 Å². The maximum atomic E-state index is 12.1. The lowest BCUT2D eigenvalue weighted by molar-refractivity contribution is -0.119. The van der Waals surface area contributed by atoms with Gasteiger partial charge in [-0.2, -0.15) is 0 Å². The predicted molar refractivity (Wildman–Crippen MR) is 65.9 cm³/mol. The van der Waals surface area contributed by atoms with Gasteiger partial charge in [0.2, 0.25) is 5.91 Å². The summed E-state index contributed by atoms with van der Waals surface area (Å²) >= 11 is 5.77. The molecule has 1 unspecified atom stereocenters. The smallest absolute Gasteiger partial charge is 0.242 e. The van der Waals surface area contributed by atoms with E-state index in [4.69, 9.17) is 11.6 Å². The fourth-order valence-corrected chi connectivity index (χ4v) is 3.00. The van der Waals surface area contributed by atoms with Gasteiger partial charge in [0.25, 0.3) is 0 Å². The van der Waals surface area contributed by atoms with Gasteiger partial charge < -0.3 is 10.6 Å². The average molecular weight is 252 g/mol. The highest BCUT2D eigenvalue weighted by atomic mass is 35.5. The lowest BCUT2D eigenvalue weighted by Gasteiger charge is -2.21. The first-order valence-corrected chi connectivity index (χ1v) is 6.29. The molecule has 1 aromatic heterocycles. The normalized spacial score (nSPS) is 30.5. The molecule has 3 atom stereocenters. The number of aromatic nitrogens is 1. The molecule has 1 amide bonds. The van der Waals surface area contributed by atoms with Gasteiger partial charge >= 0.3 is 0 Å². The zero-order valence-electron chi connectivity index (χ0n) is 9.32. The number of hydrogen-bond donors (Lipinski definition) is 2. The molecule has 2 aliphatic rings. The van der Waals surface area contributed by atoms with Crippen molar-refractivity contribution in [2.45, 2.75) is 31.3 Å². The van der Waals surface area contributed by atoms with Crippen molar-refractivity contribution in [2.75, 3.05) is 5.32 Å². The molecule has 2 bridgehead atoms. The maximum absolute atomic E-state index is 12.1. The maximum Gasteiger partial charge on any atom is 0.242 e. The van der Waals surface area contributed by atoms with E-state index in [1.165, 1.54) is 6.42 Å². The first-order valence-electron chi connectivity index (χ1n) is 5.92. The lowest BCUT2D eigenvalue weighted by atomic mass is 9.99. The second-order valence-corrected chi connectivity index (χ2v) is 5.14. The van der Waals surface area contributed by atoms with Crippen molar-refractivity contribution in [2.24, 2.45) is 5.92 Å². The number of hydrogen-bond acceptors (Lipinski definition) is 3. The van der Waals surface area contributed by atoms with Crippen LogP contribution in [-0.4, -0.2) is 23.0 Å². The Labute approximate surface area is 105 Å². The van der Waals surface area contributed by atoms with Gasteiger partial charge in [-0.15, -0.1) is 0 Å². The Balaban J connectivity index is 1.68. The molecule has 1 saturated carbocycles. The molecule has 1 aliphatic heterocycles. The van der Waals surface area contributed by atoms with E-state index in [1.54, 1.807) is 18.2 Å². The summed E-state index contributed by atoms with van der Waals surface area (Å²) < 4.78 is 0. The Morgan fingerprint density at radius 3 is 3.00 bits per heavy atom. The summed E-state index contributed by atoms with van der Waals surface area (Å²) in [5.74, 6) is 1.01. The third-order valence-corrected chi connectivity index (χ3v) is 3.82. The third-order valence-electron chi connectivity index (χ3n) is 3.61. The molecule has 3 rings (SSSR count). The highest BCUT2D eigenvalue weighted by Gasteiger charge is 2.42. The number of carbonyl (C=O) groups is 1. The molecule has 0 spiro atoms. The molecule has 2 fully saturated rings. The molecule has 2 N–H and O–H groups in total. The van der Waals surface area contributed by atoms with Gasteiger partial charge in [-0.05, 0) is 37.3 Å². The summed E-state index contributed by atoms with van der Waals surface area (Å²) in [6, 6.07) is 5.68. The van der Waals surface area contributed by atoms with Gasteiger partial charge in [0.1, 0.15) is 11.0 Å². The largest absolute Gasteiger partial charge is 0.309 e. The first kappa shape index (κ1) is 11.0. The van der Waals surface area contributed by atoms with E-state index < -0.39 is 0 Å². The van der Waals surface area contributed by atoms with Crippen LogP contribution in [-0.2, 0) is 4.79 Å². The van der Waals surface area contributed by atoms with Gasteiger partial charge in [-0.3, -0.25) is 4.79 Å². The van der Waals surface area contributed by atoms with Crippen molar-refractivity contribution in [3.05, 3.63) is 23.4 Å². The van der Waals surface area contributed by atoms with Crippen molar-refractivity contribution in [1.29, 1.82) is 0 Å². The standard InChI is InChI=1S/C12H14ClN3O/c13-9-2-1-3-10(15-9)16-12(17)11-7-4-5-8(6-7)14-11/h1-3,7-8,11,14H,4-6H2,(H,15,16,17)/t7?,8-,11+/m1/s1. The Bertz CT molecular complexity index is 451. The summed E-state index contributed by atoms with van der Waals surface area (Å²) in [5.41, 5.74) is 0. The number of piperidine rings is 1. The second-order valence-electron chi connectivity index (χ2n) is 4.75. The number of amides is 1. The first-order chi connectivity index (χ1) is 8.22. The van der Waals surface area contributed by atoms with Crippen LogP contribution in [0.4, 0.5) is 5.82 Å². The Morgan fingerprint density at radius 2 is 2.35 bits per heavy atom. The van der Waals surface area contributed by atoms with Crippen LogP contribution >= 0.6 is 11.6 Å². The van der Waals surface area contributed by atoms with Crippen molar-refractivity contribution in [3.63, 3.8) is 0 Å². The number of halogens is 1. The Morgan fingerprint density at radius 1 is 1.47 bits per heavy atom. The fourth-order valence-electron chi connectivity index (χ4n) is 2.83. The van der Waals surface area contributed by atoms with Gasteiger partial charge in [0.05, 0.1) is 6.04 Å². The molecule has 1 aromatic rings. The van der Waals surface area contributed by atoms with Crippen molar-refractivity contribution in [1.82, 2.24) is 10.3 Å². The second kappa shape index (κ2) is 4.27. The van der Waals surface area contributed by atoms with Gasteiger partial charge in [0.15, 0.2) is 0 Å². The molecule has 0 aromatic carbocycles. The van der Waals surface area contributed by atoms with E-state index in [0.29, 0.717) is 22.9 Å². The van der Waals surface area contributed by atoms with Crippen LogP contribution in [0.5, 0.6) is 0 Å². The molecular weight excluding hydrogens is 238 g/mol. The highest BCUT2D eigenvalue weighted by Crippen LogP contribution is 2.35. The highest BCUT2D eigenvalue weighted by molar-refractivity contribution is 6.29. The number of carbonyl (C=O) groups excluding carboxylic acids is 1. The average Bonchev–Trinajstić information content (AvgIpc) is 2.90. The van der Waals surface area contributed by atoms with Crippen LogP contribution in [0, 0.1) is 5.92 Å². The molecule has 1 aliphatic carbocycles. The predicted octanol–water partition coefficient (Wildman–Crippen LogP) is 1.81. The minimum Gasteiger partial charge on any atom is -0.309 e. The molecule has 17 heavy (non-hydrogen) atoms. The minimum absolute atomic E-state index is 0.00645. The summed E-state index contributed by atoms with van der Waals surface area (Å²) in [5, 5.41) is 6.56. The lowest BCUT2D eigenvalue weighted by Crippen LogP contribution is -2.44. The van der Waals surface area contributed by atoms with Crippen molar-refractivity contribution >= 4 is 23.3 Å². The number of rotatable bonds is 2. The summed E-state index contributed by atoms with van der Waals surface area (Å²) in [6.07, 6.45) is 3.48. The van der Waals surface area contributed by atoms with E-state index in [1.807, 2.05) is 0 Å². The molecule has 90 valence electrons. The van der Waals surface area contributed by atoms with Crippen molar-refractivity contribution < 1.29 is 4.79 Å². The summed E-state index contributed by atoms with van der Waals surface area (Å²) in [4.78, 5) is 16.1. The van der Waals surface area contributed by atoms with Crippen LogP contribution in [0.3, 0.4) is 0 Å². The summed E-state index contributed by atoms with van der Waals surface area (Å²) in [7, 11) is 0. The number of nitrogens with one attached hydrogen (secondary N) is 2. The number of pyridine rings is 1. The van der Waals surface area contributed by atoms with Crippen molar-refractivity contribution in [3.8, 4) is 0 Å². The number of nitrogens with zero attached hydrogens (tertiary/aromatic N) is 1. The SMILES string of the molecule is O=C(Nc1cccc(Cl)n1)[C@H]1N[C@@H]2CCC1C2. The third kappa shape index (κ3) is 2.15. The van der Waals surface area contributed by atoms with Crippen LogP contribution in [0.25, 0.3) is 0 Å². The number of anilines is 1. The molecular formula is C12H14ClN3O. The van der Waals surface area contributed by atoms with Gasteiger partial charge in [-0.1, -0.05) is 17.7 Å². The van der Waals surface area contributed by atoms with E-state index in [9.17, 15) is 4.79 Å². The van der Waals surface area contributed by atoms with E-state index >= 15 is 0 Å². The number of fused-ring (bicyclic) bond motifs is 2. The molecule has 2 heterocycles. The van der Waals surface area contributed by atoms with Crippen LogP contribution in [0.15, 0.2) is 18.2 Å². The van der Waals surface area contributed by atoms with E-state index in [0.717, 1.165) is 12.8 Å². The van der Waals surface area contributed by atoms with Gasteiger partial charge in [0, 0.05) is 6.04 Å². The van der Waals surface area contributed by atoms with Crippen LogP contribution < -0.4 is 10.6 Å². The van der Waals surface area contributed by atoms with E-state index in [2.05, 4.69) is 15.6 Å².